The van der Waals surface area contributed by atoms with Gasteiger partial charge in [-0.2, -0.15) is 18.2 Å². The van der Waals surface area contributed by atoms with Crippen molar-refractivity contribution in [2.75, 3.05) is 0 Å². The number of rotatable bonds is 0. The Labute approximate surface area is 91.6 Å². The summed E-state index contributed by atoms with van der Waals surface area (Å²) in [6, 6.07) is 10.0. The van der Waals surface area contributed by atoms with Gasteiger partial charge in [-0.3, -0.25) is 0 Å². The van der Waals surface area contributed by atoms with E-state index in [0.717, 1.165) is 11.8 Å². The smallest absolute Gasteiger partial charge is 0.172 e. The minimum Gasteiger partial charge on any atom is -0.214 e. The quantitative estimate of drug-likeness (QED) is 0.423. The molecule has 0 unspecified atom stereocenters. The second kappa shape index (κ2) is 9.78. The third-order valence-electron chi connectivity index (χ3n) is 1.39. The molecule has 2 nitrogen and oxygen atoms in total. The Balaban J connectivity index is 0.000000213. The number of aliphatic hydroxyl groups is 1. The number of hydrogen-bond donors (Lipinski definition) is 1. The van der Waals surface area contributed by atoms with Gasteiger partial charge < -0.3 is 5.11 Å². The molecule has 2 rings (SSSR count). The molecule has 1 aromatic rings. The first-order chi connectivity index (χ1) is 6.93. The third kappa shape index (κ3) is 6.23. The molecule has 3 heteroatoms. The van der Waals surface area contributed by atoms with Crippen LogP contribution in [0, 0.1) is 0 Å². The van der Waals surface area contributed by atoms with E-state index in [9.17, 15) is 0 Å². The maximum Gasteiger partial charge on any atom is -0.172 e. The maximum atomic E-state index is 8.30. The fraction of sp³-hybridized carbons (Fsp3) is 0. The molecule has 1 aliphatic rings. The summed E-state index contributed by atoms with van der Waals surface area (Å²) in [4.78, 5) is 0. The summed E-state index contributed by atoms with van der Waals surface area (Å²) in [5, 5.41) is 8.30. The van der Waals surface area contributed by atoms with Crippen LogP contribution in [-0.2, 0) is 19.8 Å². The van der Waals surface area contributed by atoms with Crippen LogP contribution in [0.1, 0.15) is 0 Å². The van der Waals surface area contributed by atoms with Gasteiger partial charge in [0.2, 0.25) is 0 Å². The van der Waals surface area contributed by atoms with Gasteiger partial charge in [0.25, 0.3) is 0 Å². The van der Waals surface area contributed by atoms with E-state index >= 15 is 0 Å². The average Bonchev–Trinajstić information content (AvgIpc) is 2.97. The van der Waals surface area contributed by atoms with Crippen LogP contribution in [0.5, 0.6) is 0 Å². The molecule has 0 bridgehead atoms. The average molecular weight is 231 g/mol. The van der Waals surface area contributed by atoms with Crippen molar-refractivity contribution in [3.8, 4) is 0 Å². The number of hydrogen-bond acceptors (Lipinski definition) is 2. The van der Waals surface area contributed by atoms with E-state index in [-0.39, 0.29) is 0 Å². The van der Waals surface area contributed by atoms with Gasteiger partial charge in [-0.1, -0.05) is 24.3 Å². The summed E-state index contributed by atoms with van der Waals surface area (Å²) in [7, 11) is 0. The topological polar surface area (TPSA) is 37.3 Å². The van der Waals surface area contributed by atoms with Gasteiger partial charge in [0.05, 0.1) is 6.26 Å². The maximum absolute atomic E-state index is 8.30. The molecule has 1 aliphatic carbocycles. The third-order valence-corrected chi connectivity index (χ3v) is 1.39. The first-order valence-corrected chi connectivity index (χ1v) is 4.39. The van der Waals surface area contributed by atoms with E-state index in [0.29, 0.717) is 0 Å². The molecule has 0 spiro atoms. The summed E-state index contributed by atoms with van der Waals surface area (Å²) in [5.74, 6) is 0. The fourth-order valence-electron chi connectivity index (χ4n) is 0.796. The van der Waals surface area contributed by atoms with Crippen LogP contribution in [0.15, 0.2) is 66.5 Å². The van der Waals surface area contributed by atoms with Crippen molar-refractivity contribution in [1.29, 1.82) is 0 Å². The summed E-state index contributed by atoms with van der Waals surface area (Å²) < 4.78 is 8.00. The second-order valence-electron chi connectivity index (χ2n) is 2.31. The molecule has 0 fully saturated rings. The second-order valence-corrected chi connectivity index (χ2v) is 2.31. The van der Waals surface area contributed by atoms with Crippen LogP contribution < -0.4 is 0 Å². The SMILES string of the molecule is OC=C1C=CC=C1.[O]=[Fe+].c1cc[cH-]c1. The first-order valence-electron chi connectivity index (χ1n) is 3.94. The van der Waals surface area contributed by atoms with E-state index < -0.39 is 0 Å². The Bertz CT molecular complexity index is 266. The molecule has 0 saturated heterocycles. The Morgan fingerprint density at radius 1 is 1.14 bits per heavy atom. The normalized spacial score (nSPS) is 11.0. The van der Waals surface area contributed by atoms with E-state index in [2.05, 4.69) is 0 Å². The van der Waals surface area contributed by atoms with Gasteiger partial charge >= 0.3 is 19.8 Å². The van der Waals surface area contributed by atoms with Gasteiger partial charge in [0.1, 0.15) is 0 Å². The molecule has 0 heterocycles. The molecular weight excluding hydrogens is 220 g/mol. The largest absolute Gasteiger partial charge is 0.214 e. The van der Waals surface area contributed by atoms with Crippen molar-refractivity contribution in [3.63, 3.8) is 0 Å². The molecule has 0 radical (unpaired) electrons. The Morgan fingerprint density at radius 3 is 1.86 bits per heavy atom. The summed E-state index contributed by atoms with van der Waals surface area (Å²) >= 11 is 2.00. The molecule has 0 aliphatic heterocycles. The zero-order chi connectivity index (χ0) is 10.6. The zero-order valence-electron chi connectivity index (χ0n) is 7.48. The van der Waals surface area contributed by atoms with Crippen LogP contribution >= 0.6 is 0 Å². The molecule has 0 atom stereocenters. The van der Waals surface area contributed by atoms with Crippen LogP contribution in [0.25, 0.3) is 0 Å². The van der Waals surface area contributed by atoms with Crippen molar-refractivity contribution in [3.05, 3.63) is 66.5 Å². The van der Waals surface area contributed by atoms with Gasteiger partial charge in [0, 0.05) is 5.57 Å². The molecule has 1 N–H and O–H groups in total. The monoisotopic (exact) mass is 231 g/mol. The molecular formula is C11H11FeO2. The molecule has 0 amide bonds. The van der Waals surface area contributed by atoms with Gasteiger partial charge in [0.15, 0.2) is 0 Å². The molecule has 75 valence electrons. The van der Waals surface area contributed by atoms with Crippen molar-refractivity contribution < 1.29 is 24.9 Å². The predicted molar refractivity (Wildman–Crippen MR) is 51.7 cm³/mol. The molecule has 1 aromatic carbocycles. The molecule has 0 aromatic heterocycles. The van der Waals surface area contributed by atoms with Crippen LogP contribution in [0.2, 0.25) is 0 Å². The predicted octanol–water partition coefficient (Wildman–Crippen LogP) is 2.84. The van der Waals surface area contributed by atoms with Gasteiger partial charge in [-0.05, 0) is 0 Å². The zero-order valence-corrected chi connectivity index (χ0v) is 8.59. The summed E-state index contributed by atoms with van der Waals surface area (Å²) in [6.45, 7) is 0. The number of aliphatic hydroxyl groups excluding tert-OH is 1. The van der Waals surface area contributed by atoms with E-state index in [4.69, 9.17) is 8.94 Å². The minimum absolute atomic E-state index is 0.861. The van der Waals surface area contributed by atoms with Crippen LogP contribution in [-0.4, -0.2) is 5.11 Å². The summed E-state index contributed by atoms with van der Waals surface area (Å²) in [6.07, 6.45) is 8.50. The fourth-order valence-corrected chi connectivity index (χ4v) is 0.796. The Kier molecular flexibility index (Phi) is 8.86. The van der Waals surface area contributed by atoms with Gasteiger partial charge in [-0.25, -0.2) is 12.1 Å². The van der Waals surface area contributed by atoms with Gasteiger partial charge in [-0.15, -0.1) is 0 Å². The van der Waals surface area contributed by atoms with Crippen molar-refractivity contribution in [2.24, 2.45) is 0 Å². The van der Waals surface area contributed by atoms with Crippen molar-refractivity contribution in [1.82, 2.24) is 0 Å². The molecule has 0 saturated carbocycles. The molecule has 14 heavy (non-hydrogen) atoms. The standard InChI is InChI=1S/C6H6O.C5H5.Fe.O/c7-5-6-3-1-2-4-6;1-2-4-5-3-1;;/h1-5,7H;1-5H;;/q;-1;+1;. The van der Waals surface area contributed by atoms with E-state index in [1.54, 1.807) is 0 Å². The van der Waals surface area contributed by atoms with Crippen LogP contribution in [0.4, 0.5) is 0 Å². The Morgan fingerprint density at radius 2 is 1.64 bits per heavy atom. The number of allylic oxidation sites excluding steroid dienone is 5. The van der Waals surface area contributed by atoms with Crippen molar-refractivity contribution >= 4 is 0 Å². The van der Waals surface area contributed by atoms with E-state index in [1.165, 1.54) is 0 Å². The van der Waals surface area contributed by atoms with Crippen molar-refractivity contribution in [2.45, 2.75) is 0 Å². The van der Waals surface area contributed by atoms with Crippen LogP contribution in [0.3, 0.4) is 0 Å². The Hall–Kier alpha value is -1.31. The minimum atomic E-state index is 0.861. The first kappa shape index (κ1) is 12.7. The summed E-state index contributed by atoms with van der Waals surface area (Å²) in [5.41, 5.74) is 0.861. The van der Waals surface area contributed by atoms with E-state index in [1.807, 2.05) is 70.6 Å².